The third-order valence-corrected chi connectivity index (χ3v) is 3.92. The lowest BCUT2D eigenvalue weighted by Gasteiger charge is -2.15. The Morgan fingerprint density at radius 2 is 2.08 bits per heavy atom. The monoisotopic (exact) mass is 360 g/mol. The van der Waals surface area contributed by atoms with Crippen molar-refractivity contribution in [1.29, 1.82) is 0 Å². The summed E-state index contributed by atoms with van der Waals surface area (Å²) >= 11 is 0. The van der Waals surface area contributed by atoms with Crippen molar-refractivity contribution in [3.05, 3.63) is 51.0 Å². The second-order valence-electron chi connectivity index (χ2n) is 5.76. The van der Waals surface area contributed by atoms with Gasteiger partial charge in [-0.1, -0.05) is 0 Å². The highest BCUT2D eigenvalue weighted by Crippen LogP contribution is 2.29. The number of nitrogens with one attached hydrogen (secondary N) is 1. The van der Waals surface area contributed by atoms with E-state index in [0.717, 1.165) is 0 Å². The molecular weight excluding hydrogens is 344 g/mol. The van der Waals surface area contributed by atoms with Crippen molar-refractivity contribution in [1.82, 2.24) is 19.9 Å². The molecule has 26 heavy (non-hydrogen) atoms. The molecule has 0 spiro atoms. The standard InChI is InChI=1S/C16H16N4O6/c1-8-2-18-9(3-17-8)5-20-11-7-26-6-10(11)14(23)13(16(20)25)15(24)19-4-12(21)22/h2-3,23H,4-7H2,1H3,(H,19,24)(H,21,22). The summed E-state index contributed by atoms with van der Waals surface area (Å²) in [7, 11) is 0. The lowest BCUT2D eigenvalue weighted by Crippen LogP contribution is -2.37. The minimum Gasteiger partial charge on any atom is -0.506 e. The number of carboxylic acid groups (broad SMARTS) is 1. The van der Waals surface area contributed by atoms with Gasteiger partial charge < -0.3 is 24.8 Å². The van der Waals surface area contributed by atoms with Crippen LogP contribution in [0.1, 0.15) is 33.0 Å². The molecule has 2 aromatic heterocycles. The van der Waals surface area contributed by atoms with Crippen molar-refractivity contribution in [2.75, 3.05) is 6.54 Å². The molecule has 10 nitrogen and oxygen atoms in total. The second kappa shape index (κ2) is 6.92. The fraction of sp³-hybridized carbons (Fsp3) is 0.312. The molecule has 1 aliphatic heterocycles. The number of fused-ring (bicyclic) bond motifs is 1. The minimum absolute atomic E-state index is 0.0390. The lowest BCUT2D eigenvalue weighted by molar-refractivity contribution is -0.135. The van der Waals surface area contributed by atoms with Gasteiger partial charge in [-0.05, 0) is 6.92 Å². The Morgan fingerprint density at radius 3 is 2.73 bits per heavy atom. The van der Waals surface area contributed by atoms with E-state index in [1.54, 1.807) is 13.1 Å². The van der Waals surface area contributed by atoms with E-state index in [4.69, 9.17) is 9.84 Å². The summed E-state index contributed by atoms with van der Waals surface area (Å²) in [5.41, 5.74) is 0.714. The van der Waals surface area contributed by atoms with E-state index in [2.05, 4.69) is 15.3 Å². The predicted molar refractivity (Wildman–Crippen MR) is 86.7 cm³/mol. The van der Waals surface area contributed by atoms with E-state index >= 15 is 0 Å². The van der Waals surface area contributed by atoms with Crippen LogP contribution in [0.4, 0.5) is 0 Å². The number of hydrogen-bond donors (Lipinski definition) is 3. The number of aliphatic carboxylic acids is 1. The number of aromatic hydroxyl groups is 1. The fourth-order valence-electron chi connectivity index (χ4n) is 2.65. The summed E-state index contributed by atoms with van der Waals surface area (Å²) in [6.45, 7) is 1.29. The fourth-order valence-corrected chi connectivity index (χ4v) is 2.65. The maximum atomic E-state index is 12.8. The first-order chi connectivity index (χ1) is 12.4. The summed E-state index contributed by atoms with van der Waals surface area (Å²) in [6.07, 6.45) is 3.07. The smallest absolute Gasteiger partial charge is 0.322 e. The van der Waals surface area contributed by atoms with Gasteiger partial charge >= 0.3 is 5.97 Å². The Labute approximate surface area is 147 Å². The number of aryl methyl sites for hydroxylation is 1. The van der Waals surface area contributed by atoms with Crippen LogP contribution in [0.15, 0.2) is 17.2 Å². The quantitative estimate of drug-likeness (QED) is 0.650. The number of carbonyl (C=O) groups is 2. The molecule has 0 aliphatic carbocycles. The van der Waals surface area contributed by atoms with Crippen LogP contribution in [0.5, 0.6) is 5.75 Å². The maximum absolute atomic E-state index is 12.8. The third-order valence-electron chi connectivity index (χ3n) is 3.92. The van der Waals surface area contributed by atoms with Crippen molar-refractivity contribution < 1.29 is 24.5 Å². The highest BCUT2D eigenvalue weighted by molar-refractivity contribution is 5.98. The number of rotatable bonds is 5. The van der Waals surface area contributed by atoms with Crippen LogP contribution in [0.2, 0.25) is 0 Å². The Hall–Kier alpha value is -3.27. The van der Waals surface area contributed by atoms with E-state index in [-0.39, 0.29) is 19.8 Å². The molecule has 0 saturated heterocycles. The molecule has 0 atom stereocenters. The van der Waals surface area contributed by atoms with Crippen LogP contribution in [0.25, 0.3) is 0 Å². The second-order valence-corrected chi connectivity index (χ2v) is 5.76. The van der Waals surface area contributed by atoms with Gasteiger partial charge in [0.05, 0.1) is 43.0 Å². The Morgan fingerprint density at radius 1 is 1.31 bits per heavy atom. The number of hydrogen-bond acceptors (Lipinski definition) is 7. The number of amides is 1. The summed E-state index contributed by atoms with van der Waals surface area (Å²) < 4.78 is 6.59. The van der Waals surface area contributed by atoms with Crippen molar-refractivity contribution in [2.24, 2.45) is 0 Å². The van der Waals surface area contributed by atoms with Crippen molar-refractivity contribution >= 4 is 11.9 Å². The summed E-state index contributed by atoms with van der Waals surface area (Å²) in [4.78, 5) is 44.0. The zero-order chi connectivity index (χ0) is 18.8. The molecule has 10 heteroatoms. The van der Waals surface area contributed by atoms with Gasteiger partial charge in [-0.2, -0.15) is 0 Å². The molecule has 3 rings (SSSR count). The number of pyridine rings is 1. The number of aromatic nitrogens is 3. The molecule has 0 fully saturated rings. The van der Waals surface area contributed by atoms with Gasteiger partial charge in [0.2, 0.25) is 0 Å². The van der Waals surface area contributed by atoms with Gasteiger partial charge in [0.1, 0.15) is 17.9 Å². The highest BCUT2D eigenvalue weighted by atomic mass is 16.5. The lowest BCUT2D eigenvalue weighted by atomic mass is 10.1. The van der Waals surface area contributed by atoms with Gasteiger partial charge in [0, 0.05) is 11.8 Å². The van der Waals surface area contributed by atoms with Crippen LogP contribution in [-0.2, 0) is 29.3 Å². The molecule has 0 saturated carbocycles. The summed E-state index contributed by atoms with van der Waals surface area (Å²) in [5.74, 6) is -2.72. The normalized spacial score (nSPS) is 12.7. The van der Waals surface area contributed by atoms with E-state index in [1.165, 1.54) is 10.8 Å². The number of nitrogens with zero attached hydrogens (tertiary/aromatic N) is 3. The van der Waals surface area contributed by atoms with Gasteiger partial charge in [0.15, 0.2) is 0 Å². The van der Waals surface area contributed by atoms with Crippen molar-refractivity contribution in [3.63, 3.8) is 0 Å². The average Bonchev–Trinajstić information content (AvgIpc) is 3.08. The zero-order valence-corrected chi connectivity index (χ0v) is 13.9. The highest BCUT2D eigenvalue weighted by Gasteiger charge is 2.29. The summed E-state index contributed by atoms with van der Waals surface area (Å²) in [5, 5.41) is 21.1. The molecule has 0 radical (unpaired) electrons. The molecule has 2 aromatic rings. The van der Waals surface area contributed by atoms with Crippen LogP contribution < -0.4 is 10.9 Å². The third kappa shape index (κ3) is 3.26. The molecular formula is C16H16N4O6. The first-order valence-electron chi connectivity index (χ1n) is 7.71. The van der Waals surface area contributed by atoms with E-state index in [0.29, 0.717) is 22.6 Å². The molecule has 0 unspecified atom stereocenters. The van der Waals surface area contributed by atoms with Gasteiger partial charge in [0.25, 0.3) is 11.5 Å². The van der Waals surface area contributed by atoms with Crippen molar-refractivity contribution in [3.8, 4) is 5.75 Å². The first-order valence-corrected chi connectivity index (χ1v) is 7.71. The number of carbonyl (C=O) groups excluding carboxylic acids is 1. The van der Waals surface area contributed by atoms with E-state index in [1.807, 2.05) is 0 Å². The first kappa shape index (κ1) is 17.5. The molecule has 0 bridgehead atoms. The molecule has 0 aromatic carbocycles. The number of carboxylic acids is 1. The van der Waals surface area contributed by atoms with E-state index in [9.17, 15) is 19.5 Å². The minimum atomic E-state index is -1.27. The SMILES string of the molecule is Cc1cnc(Cn2c3c(c(O)c(C(=O)NCC(=O)O)c2=O)COC3)cn1. The van der Waals surface area contributed by atoms with Gasteiger partial charge in [-0.15, -0.1) is 0 Å². The Balaban J connectivity index is 2.06. The van der Waals surface area contributed by atoms with Crippen LogP contribution in [0, 0.1) is 6.92 Å². The molecule has 136 valence electrons. The molecule has 1 aliphatic rings. The van der Waals surface area contributed by atoms with Crippen LogP contribution in [0.3, 0.4) is 0 Å². The van der Waals surface area contributed by atoms with Crippen LogP contribution >= 0.6 is 0 Å². The molecule has 3 heterocycles. The van der Waals surface area contributed by atoms with Crippen LogP contribution in [-0.4, -0.2) is 43.2 Å². The maximum Gasteiger partial charge on any atom is 0.322 e. The number of ether oxygens (including phenoxy) is 1. The summed E-state index contributed by atoms with van der Waals surface area (Å²) in [6, 6.07) is 0. The zero-order valence-electron chi connectivity index (χ0n) is 13.9. The Bertz CT molecular complexity index is 935. The van der Waals surface area contributed by atoms with Gasteiger partial charge in [-0.3, -0.25) is 24.4 Å². The Kier molecular flexibility index (Phi) is 4.67. The van der Waals surface area contributed by atoms with Crippen molar-refractivity contribution in [2.45, 2.75) is 26.7 Å². The topological polar surface area (TPSA) is 144 Å². The molecule has 1 amide bonds. The average molecular weight is 360 g/mol. The largest absolute Gasteiger partial charge is 0.506 e. The molecule has 3 N–H and O–H groups in total. The van der Waals surface area contributed by atoms with Gasteiger partial charge in [-0.25, -0.2) is 0 Å². The van der Waals surface area contributed by atoms with E-state index < -0.39 is 35.3 Å². The predicted octanol–water partition coefficient (Wildman–Crippen LogP) is -0.455.